The molecule has 1 aromatic heterocycles. The first-order valence-electron chi connectivity index (χ1n) is 6.22. The highest BCUT2D eigenvalue weighted by Gasteiger charge is 2.08. The molecule has 1 N–H and O–H groups in total. The van der Waals surface area contributed by atoms with Gasteiger partial charge in [-0.15, -0.1) is 11.3 Å². The zero-order valence-corrected chi connectivity index (χ0v) is 12.3. The van der Waals surface area contributed by atoms with Gasteiger partial charge in [0, 0.05) is 22.8 Å². The molecule has 0 saturated carbocycles. The van der Waals surface area contributed by atoms with E-state index in [4.69, 9.17) is 11.6 Å². The van der Waals surface area contributed by atoms with Gasteiger partial charge in [0.25, 0.3) is 0 Å². The Hall–Kier alpha value is -0.830. The van der Waals surface area contributed by atoms with Crippen molar-refractivity contribution in [3.05, 3.63) is 56.7 Å². The van der Waals surface area contributed by atoms with Gasteiger partial charge >= 0.3 is 0 Å². The van der Waals surface area contributed by atoms with Crippen molar-refractivity contribution in [2.24, 2.45) is 0 Å². The van der Waals surface area contributed by atoms with Gasteiger partial charge in [0.2, 0.25) is 0 Å². The zero-order chi connectivity index (χ0) is 13.0. The van der Waals surface area contributed by atoms with Crippen LogP contribution in [-0.4, -0.2) is 0 Å². The Balaban J connectivity index is 1.99. The van der Waals surface area contributed by atoms with Crippen LogP contribution < -0.4 is 5.32 Å². The zero-order valence-electron chi connectivity index (χ0n) is 10.7. The molecule has 0 aliphatic heterocycles. The van der Waals surface area contributed by atoms with Gasteiger partial charge in [0.15, 0.2) is 0 Å². The normalized spacial score (nSPS) is 12.6. The molecule has 0 aliphatic rings. The highest BCUT2D eigenvalue weighted by atomic mass is 35.5. The predicted octanol–water partition coefficient (Wildman–Crippen LogP) is 4.95. The highest BCUT2D eigenvalue weighted by Crippen LogP contribution is 2.22. The van der Waals surface area contributed by atoms with Crippen molar-refractivity contribution in [3.8, 4) is 0 Å². The maximum atomic E-state index is 5.93. The molecule has 2 aromatic rings. The fourth-order valence-electron chi connectivity index (χ4n) is 1.97. The second-order valence-corrected chi connectivity index (χ2v) is 5.92. The fraction of sp³-hybridized carbons (Fsp3) is 0.333. The second kappa shape index (κ2) is 6.37. The van der Waals surface area contributed by atoms with Crippen molar-refractivity contribution in [3.63, 3.8) is 0 Å². The van der Waals surface area contributed by atoms with Crippen LogP contribution in [-0.2, 0) is 6.54 Å². The summed E-state index contributed by atoms with van der Waals surface area (Å²) in [5.41, 5.74) is 2.66. The summed E-state index contributed by atoms with van der Waals surface area (Å²) in [6.07, 6.45) is 1.09. The number of thiophene rings is 1. The molecule has 96 valence electrons. The molecule has 1 nitrogen and oxygen atoms in total. The molecule has 0 spiro atoms. The standard InChI is InChI=1S/C15H18ClNS/c1-3-15(12-6-4-11(2)5-7-12)17-9-14-8-13(16)10-18-14/h4-8,10,15,17H,3,9H2,1-2H3. The van der Waals surface area contributed by atoms with Gasteiger partial charge in [-0.1, -0.05) is 48.4 Å². The largest absolute Gasteiger partial charge is 0.305 e. The van der Waals surface area contributed by atoms with Gasteiger partial charge in [-0.3, -0.25) is 0 Å². The average Bonchev–Trinajstić information content (AvgIpc) is 2.78. The van der Waals surface area contributed by atoms with E-state index in [2.05, 4.69) is 43.4 Å². The minimum Gasteiger partial charge on any atom is -0.305 e. The van der Waals surface area contributed by atoms with Gasteiger partial charge in [-0.2, -0.15) is 0 Å². The van der Waals surface area contributed by atoms with Crippen molar-refractivity contribution in [2.45, 2.75) is 32.9 Å². The topological polar surface area (TPSA) is 12.0 Å². The molecule has 0 bridgehead atoms. The third-order valence-corrected chi connectivity index (χ3v) is 4.32. The minimum absolute atomic E-state index is 0.409. The highest BCUT2D eigenvalue weighted by molar-refractivity contribution is 7.10. The Morgan fingerprint density at radius 2 is 2.00 bits per heavy atom. The molecule has 1 unspecified atom stereocenters. The molecule has 1 heterocycles. The molecule has 0 fully saturated rings. The number of nitrogens with one attached hydrogen (secondary N) is 1. The summed E-state index contributed by atoms with van der Waals surface area (Å²) < 4.78 is 0. The SMILES string of the molecule is CCC(NCc1cc(Cl)cs1)c1ccc(C)cc1. The number of aryl methyl sites for hydroxylation is 1. The van der Waals surface area contributed by atoms with E-state index in [0.717, 1.165) is 18.0 Å². The van der Waals surface area contributed by atoms with Gasteiger partial charge in [0.1, 0.15) is 0 Å². The van der Waals surface area contributed by atoms with Gasteiger partial charge < -0.3 is 5.32 Å². The van der Waals surface area contributed by atoms with Crippen LogP contribution >= 0.6 is 22.9 Å². The van der Waals surface area contributed by atoms with Crippen LogP contribution in [0, 0.1) is 6.92 Å². The van der Waals surface area contributed by atoms with E-state index in [1.54, 1.807) is 11.3 Å². The van der Waals surface area contributed by atoms with Crippen molar-refractivity contribution in [1.82, 2.24) is 5.32 Å². The number of hydrogen-bond acceptors (Lipinski definition) is 2. The maximum absolute atomic E-state index is 5.93. The van der Waals surface area contributed by atoms with Gasteiger partial charge in [0.05, 0.1) is 5.02 Å². The molecule has 1 aromatic carbocycles. The number of rotatable bonds is 5. The van der Waals surface area contributed by atoms with E-state index in [1.807, 2.05) is 11.4 Å². The van der Waals surface area contributed by atoms with Crippen LogP contribution in [0.3, 0.4) is 0 Å². The Bertz CT molecular complexity index is 489. The van der Waals surface area contributed by atoms with E-state index in [0.29, 0.717) is 6.04 Å². The van der Waals surface area contributed by atoms with Gasteiger partial charge in [-0.25, -0.2) is 0 Å². The predicted molar refractivity (Wildman–Crippen MR) is 80.4 cm³/mol. The second-order valence-electron chi connectivity index (χ2n) is 4.48. The maximum Gasteiger partial charge on any atom is 0.0516 e. The first-order valence-corrected chi connectivity index (χ1v) is 7.47. The van der Waals surface area contributed by atoms with Crippen LogP contribution in [0.1, 0.15) is 35.4 Å². The third-order valence-electron chi connectivity index (χ3n) is 3.03. The van der Waals surface area contributed by atoms with Crippen molar-refractivity contribution in [2.75, 3.05) is 0 Å². The lowest BCUT2D eigenvalue weighted by atomic mass is 10.0. The van der Waals surface area contributed by atoms with Crippen LogP contribution in [0.15, 0.2) is 35.7 Å². The summed E-state index contributed by atoms with van der Waals surface area (Å²) in [4.78, 5) is 1.28. The molecule has 2 rings (SSSR count). The lowest BCUT2D eigenvalue weighted by Crippen LogP contribution is -2.19. The smallest absolute Gasteiger partial charge is 0.0516 e. The molecule has 18 heavy (non-hydrogen) atoms. The van der Waals surface area contributed by atoms with Gasteiger partial charge in [-0.05, 0) is 25.0 Å². The summed E-state index contributed by atoms with van der Waals surface area (Å²) in [5.74, 6) is 0. The monoisotopic (exact) mass is 279 g/mol. The lowest BCUT2D eigenvalue weighted by Gasteiger charge is -2.17. The molecular weight excluding hydrogens is 262 g/mol. The number of benzene rings is 1. The summed E-state index contributed by atoms with van der Waals surface area (Å²) in [6.45, 7) is 5.20. The number of hydrogen-bond donors (Lipinski definition) is 1. The Morgan fingerprint density at radius 1 is 1.28 bits per heavy atom. The van der Waals surface area contributed by atoms with Crippen LogP contribution in [0.2, 0.25) is 5.02 Å². The molecule has 1 atom stereocenters. The van der Waals surface area contributed by atoms with E-state index in [1.165, 1.54) is 16.0 Å². The minimum atomic E-state index is 0.409. The lowest BCUT2D eigenvalue weighted by molar-refractivity contribution is 0.522. The number of halogens is 1. The summed E-state index contributed by atoms with van der Waals surface area (Å²) in [7, 11) is 0. The van der Waals surface area contributed by atoms with Crippen LogP contribution in [0.25, 0.3) is 0 Å². The summed E-state index contributed by atoms with van der Waals surface area (Å²) >= 11 is 7.63. The van der Waals surface area contributed by atoms with Crippen molar-refractivity contribution >= 4 is 22.9 Å². The summed E-state index contributed by atoms with van der Waals surface area (Å²) in [6, 6.07) is 11.2. The Morgan fingerprint density at radius 3 is 2.56 bits per heavy atom. The molecule has 0 amide bonds. The molecule has 3 heteroatoms. The van der Waals surface area contributed by atoms with E-state index < -0.39 is 0 Å². The third kappa shape index (κ3) is 3.58. The Labute approximate surface area is 118 Å². The first-order chi connectivity index (χ1) is 8.69. The quantitative estimate of drug-likeness (QED) is 0.816. The van der Waals surface area contributed by atoms with Crippen molar-refractivity contribution < 1.29 is 0 Å². The van der Waals surface area contributed by atoms with Crippen LogP contribution in [0.4, 0.5) is 0 Å². The molecular formula is C15H18ClNS. The van der Waals surface area contributed by atoms with Crippen LogP contribution in [0.5, 0.6) is 0 Å². The molecule has 0 saturated heterocycles. The first kappa shape index (κ1) is 13.6. The van der Waals surface area contributed by atoms with E-state index in [-0.39, 0.29) is 0 Å². The van der Waals surface area contributed by atoms with E-state index >= 15 is 0 Å². The molecule has 0 radical (unpaired) electrons. The van der Waals surface area contributed by atoms with Crippen molar-refractivity contribution in [1.29, 1.82) is 0 Å². The van der Waals surface area contributed by atoms with E-state index in [9.17, 15) is 0 Å². The fourth-order valence-corrected chi connectivity index (χ4v) is 2.99. The summed E-state index contributed by atoms with van der Waals surface area (Å²) in [5, 5.41) is 6.40. The average molecular weight is 280 g/mol. The molecule has 0 aliphatic carbocycles. The Kier molecular flexibility index (Phi) is 4.81.